The molecule has 23 heavy (non-hydrogen) atoms. The van der Waals surface area contributed by atoms with Crippen molar-refractivity contribution in [2.45, 2.75) is 45.2 Å². The summed E-state index contributed by atoms with van der Waals surface area (Å²) in [5.74, 6) is 0.210. The molecule has 1 aromatic rings. The van der Waals surface area contributed by atoms with E-state index >= 15 is 0 Å². The summed E-state index contributed by atoms with van der Waals surface area (Å²) < 4.78 is 5.44. The van der Waals surface area contributed by atoms with Gasteiger partial charge in [0.25, 0.3) is 5.91 Å². The number of rotatable bonds is 4. The predicted octanol–water partition coefficient (Wildman–Crippen LogP) is 3.10. The van der Waals surface area contributed by atoms with Gasteiger partial charge in [-0.3, -0.25) is 9.69 Å². The summed E-state index contributed by atoms with van der Waals surface area (Å²) >= 11 is 1.54. The Balaban J connectivity index is 1.63. The van der Waals surface area contributed by atoms with Gasteiger partial charge in [0.15, 0.2) is 0 Å². The lowest BCUT2D eigenvalue weighted by molar-refractivity contribution is 0.0586. The Morgan fingerprint density at radius 2 is 2.17 bits per heavy atom. The smallest absolute Gasteiger partial charge is 0.263 e. The van der Waals surface area contributed by atoms with Gasteiger partial charge in [-0.05, 0) is 50.0 Å². The number of carbonyl (C=O) groups is 1. The number of likely N-dealkylation sites (tertiary alicyclic amines) is 2. The number of piperidine rings is 1. The molecule has 3 heterocycles. The molecule has 0 N–H and O–H groups in total. The molecule has 0 saturated carbocycles. The molecular weight excluding hydrogens is 308 g/mol. The highest BCUT2D eigenvalue weighted by Crippen LogP contribution is 2.44. The molecule has 0 bridgehead atoms. The third-order valence-electron chi connectivity index (χ3n) is 5.52. The zero-order valence-corrected chi connectivity index (χ0v) is 15.3. The average Bonchev–Trinajstić information content (AvgIpc) is 3.17. The van der Waals surface area contributed by atoms with E-state index in [9.17, 15) is 4.79 Å². The predicted molar refractivity (Wildman–Crippen MR) is 94.0 cm³/mol. The van der Waals surface area contributed by atoms with E-state index in [0.29, 0.717) is 17.5 Å². The van der Waals surface area contributed by atoms with Crippen LogP contribution in [0.4, 0.5) is 0 Å². The largest absolute Gasteiger partial charge is 0.383 e. The first kappa shape index (κ1) is 16.9. The molecule has 1 amide bonds. The fraction of sp³-hybridized carbons (Fsp3) is 0.722. The van der Waals surface area contributed by atoms with E-state index in [4.69, 9.17) is 4.74 Å². The number of hydrogen-bond donors (Lipinski definition) is 0. The SMILES string of the molecule is COCC1CC2(CCN(C(=O)c3cccs3)CC2)CN1C(C)C. The average molecular weight is 337 g/mol. The van der Waals surface area contributed by atoms with E-state index in [1.807, 2.05) is 22.4 Å². The van der Waals surface area contributed by atoms with Crippen LogP contribution in [0.15, 0.2) is 17.5 Å². The number of thiophene rings is 1. The van der Waals surface area contributed by atoms with Crippen LogP contribution in [0.2, 0.25) is 0 Å². The monoisotopic (exact) mass is 336 g/mol. The fourth-order valence-electron chi connectivity index (χ4n) is 4.25. The summed E-state index contributed by atoms with van der Waals surface area (Å²) in [7, 11) is 1.80. The minimum atomic E-state index is 0.210. The second-order valence-electron chi connectivity index (χ2n) is 7.35. The molecule has 2 aliphatic heterocycles. The van der Waals surface area contributed by atoms with E-state index in [1.54, 1.807) is 18.4 Å². The lowest BCUT2D eigenvalue weighted by Gasteiger charge is -2.39. The van der Waals surface area contributed by atoms with Crippen LogP contribution in [0.1, 0.15) is 42.8 Å². The van der Waals surface area contributed by atoms with Gasteiger partial charge in [-0.15, -0.1) is 11.3 Å². The van der Waals surface area contributed by atoms with Crippen molar-refractivity contribution in [1.29, 1.82) is 0 Å². The molecule has 1 unspecified atom stereocenters. The van der Waals surface area contributed by atoms with E-state index < -0.39 is 0 Å². The van der Waals surface area contributed by atoms with Crippen molar-refractivity contribution in [3.63, 3.8) is 0 Å². The number of hydrogen-bond acceptors (Lipinski definition) is 4. The molecule has 0 aliphatic carbocycles. The summed E-state index contributed by atoms with van der Waals surface area (Å²) in [6.07, 6.45) is 3.45. The van der Waals surface area contributed by atoms with Crippen molar-refractivity contribution in [3.8, 4) is 0 Å². The lowest BCUT2D eigenvalue weighted by Crippen LogP contribution is -2.44. The fourth-order valence-corrected chi connectivity index (χ4v) is 4.94. The van der Waals surface area contributed by atoms with Gasteiger partial charge in [-0.25, -0.2) is 0 Å². The first-order valence-corrected chi connectivity index (χ1v) is 9.50. The van der Waals surface area contributed by atoms with Crippen molar-refractivity contribution in [3.05, 3.63) is 22.4 Å². The van der Waals surface area contributed by atoms with Crippen molar-refractivity contribution >= 4 is 17.2 Å². The van der Waals surface area contributed by atoms with Crippen LogP contribution in [0.25, 0.3) is 0 Å². The summed E-state index contributed by atoms with van der Waals surface area (Å²) in [6.45, 7) is 8.30. The molecule has 2 saturated heterocycles. The quantitative estimate of drug-likeness (QED) is 0.847. The number of amides is 1. The van der Waals surface area contributed by atoms with Crippen molar-refractivity contribution < 1.29 is 9.53 Å². The summed E-state index contributed by atoms with van der Waals surface area (Å²) in [5, 5.41) is 1.98. The van der Waals surface area contributed by atoms with E-state index in [-0.39, 0.29) is 5.91 Å². The van der Waals surface area contributed by atoms with Gasteiger partial charge in [0.1, 0.15) is 0 Å². The molecule has 2 fully saturated rings. The van der Waals surface area contributed by atoms with Gasteiger partial charge in [0, 0.05) is 38.8 Å². The molecule has 1 spiro atoms. The van der Waals surface area contributed by atoms with E-state index in [1.165, 1.54) is 6.42 Å². The number of ether oxygens (including phenoxy) is 1. The number of carbonyl (C=O) groups excluding carboxylic acids is 1. The van der Waals surface area contributed by atoms with Crippen LogP contribution < -0.4 is 0 Å². The number of methoxy groups -OCH3 is 1. The maximum Gasteiger partial charge on any atom is 0.263 e. The van der Waals surface area contributed by atoms with Crippen LogP contribution in [0, 0.1) is 5.41 Å². The normalized spacial score (nSPS) is 24.7. The summed E-state index contributed by atoms with van der Waals surface area (Å²) in [5.41, 5.74) is 0.375. The highest BCUT2D eigenvalue weighted by molar-refractivity contribution is 7.12. The second-order valence-corrected chi connectivity index (χ2v) is 8.30. The first-order valence-electron chi connectivity index (χ1n) is 8.62. The molecule has 3 rings (SSSR count). The van der Waals surface area contributed by atoms with Crippen molar-refractivity contribution in [2.75, 3.05) is 33.4 Å². The highest BCUT2D eigenvalue weighted by atomic mass is 32.1. The van der Waals surface area contributed by atoms with Gasteiger partial charge < -0.3 is 9.64 Å². The molecule has 1 atom stereocenters. The third-order valence-corrected chi connectivity index (χ3v) is 6.38. The molecule has 128 valence electrons. The third kappa shape index (κ3) is 3.47. The Hall–Kier alpha value is -0.910. The molecule has 4 nitrogen and oxygen atoms in total. The first-order chi connectivity index (χ1) is 11.0. The highest BCUT2D eigenvalue weighted by Gasteiger charge is 2.46. The Morgan fingerprint density at radius 3 is 2.74 bits per heavy atom. The topological polar surface area (TPSA) is 32.8 Å². The Bertz CT molecular complexity index is 521. The molecule has 0 radical (unpaired) electrons. The number of nitrogens with zero attached hydrogens (tertiary/aromatic N) is 2. The minimum Gasteiger partial charge on any atom is -0.383 e. The van der Waals surface area contributed by atoms with Crippen LogP contribution in [0.5, 0.6) is 0 Å². The van der Waals surface area contributed by atoms with Crippen LogP contribution in [-0.4, -0.2) is 61.1 Å². The second kappa shape index (κ2) is 6.91. The molecular formula is C18H28N2O2S. The van der Waals surface area contributed by atoms with Gasteiger partial charge >= 0.3 is 0 Å². The van der Waals surface area contributed by atoms with Crippen molar-refractivity contribution in [1.82, 2.24) is 9.80 Å². The summed E-state index contributed by atoms with van der Waals surface area (Å²) in [6, 6.07) is 4.97. The van der Waals surface area contributed by atoms with Crippen LogP contribution >= 0.6 is 11.3 Å². The molecule has 1 aromatic heterocycles. The van der Waals surface area contributed by atoms with Gasteiger partial charge in [0.05, 0.1) is 11.5 Å². The maximum absolute atomic E-state index is 12.5. The van der Waals surface area contributed by atoms with Crippen LogP contribution in [0.3, 0.4) is 0 Å². The van der Waals surface area contributed by atoms with Gasteiger partial charge in [0.2, 0.25) is 0 Å². The Kier molecular flexibility index (Phi) is 5.09. The molecule has 0 aromatic carbocycles. The zero-order chi connectivity index (χ0) is 16.4. The zero-order valence-electron chi connectivity index (χ0n) is 14.5. The van der Waals surface area contributed by atoms with E-state index in [2.05, 4.69) is 18.7 Å². The minimum absolute atomic E-state index is 0.210. The lowest BCUT2D eigenvalue weighted by atomic mass is 9.76. The van der Waals surface area contributed by atoms with Crippen LogP contribution in [-0.2, 0) is 4.74 Å². The van der Waals surface area contributed by atoms with Crippen molar-refractivity contribution in [2.24, 2.45) is 5.41 Å². The van der Waals surface area contributed by atoms with Gasteiger partial charge in [-0.2, -0.15) is 0 Å². The standard InChI is InChI=1S/C18H28N2O2S/c1-14(2)20-13-18(11-15(20)12-22-3)6-8-19(9-7-18)17(21)16-5-4-10-23-16/h4-5,10,14-15H,6-9,11-13H2,1-3H3. The summed E-state index contributed by atoms with van der Waals surface area (Å²) in [4.78, 5) is 18.0. The van der Waals surface area contributed by atoms with E-state index in [0.717, 1.165) is 44.0 Å². The van der Waals surface area contributed by atoms with Gasteiger partial charge in [-0.1, -0.05) is 6.07 Å². The Morgan fingerprint density at radius 1 is 1.43 bits per heavy atom. The molecule has 5 heteroatoms. The molecule has 2 aliphatic rings. The Labute approximate surface area is 143 Å². The maximum atomic E-state index is 12.5.